The third kappa shape index (κ3) is 5.16. The van der Waals surface area contributed by atoms with Gasteiger partial charge in [0.05, 0.1) is 10.0 Å². The first-order valence-electron chi connectivity index (χ1n) is 6.87. The minimum Gasteiger partial charge on any atom is -0.451 e. The van der Waals surface area contributed by atoms with Crippen LogP contribution in [0.5, 0.6) is 0 Å². The number of carbonyl (C=O) groups excluding carboxylic acids is 2. The Balaban J connectivity index is 1.97. The number of nitrogens with zero attached hydrogens (tertiary/aromatic N) is 2. The van der Waals surface area contributed by atoms with Gasteiger partial charge in [0.1, 0.15) is 6.54 Å². The number of anilines is 1. The first kappa shape index (κ1) is 18.7. The fourth-order valence-electron chi connectivity index (χ4n) is 1.72. The number of pyridine rings is 1. The zero-order valence-corrected chi connectivity index (χ0v) is 14.3. The lowest BCUT2D eigenvalue weighted by atomic mass is 10.3. The van der Waals surface area contributed by atoms with E-state index in [0.29, 0.717) is 5.02 Å². The van der Waals surface area contributed by atoms with Crippen molar-refractivity contribution < 1.29 is 14.3 Å². The topological polar surface area (TPSA) is 123 Å². The van der Waals surface area contributed by atoms with Gasteiger partial charge in [-0.05, 0) is 13.0 Å². The first-order chi connectivity index (χ1) is 11.8. The SMILES string of the molecule is C[C@H](OC(=O)Cn1ccc(=O)[nH]c1=O)C(=O)Nc1ncc(Cl)cc1Cl. The van der Waals surface area contributed by atoms with Gasteiger partial charge < -0.3 is 10.1 Å². The number of amides is 1. The molecular formula is C14H12Cl2N4O5. The van der Waals surface area contributed by atoms with Gasteiger partial charge in [-0.3, -0.25) is 23.9 Å². The van der Waals surface area contributed by atoms with E-state index in [0.717, 1.165) is 16.8 Å². The van der Waals surface area contributed by atoms with Crippen molar-refractivity contribution >= 4 is 40.9 Å². The van der Waals surface area contributed by atoms with Gasteiger partial charge in [-0.1, -0.05) is 23.2 Å². The van der Waals surface area contributed by atoms with E-state index >= 15 is 0 Å². The predicted molar refractivity (Wildman–Crippen MR) is 89.8 cm³/mol. The lowest BCUT2D eigenvalue weighted by molar-refractivity contribution is -0.153. The van der Waals surface area contributed by atoms with Gasteiger partial charge in [0.2, 0.25) is 0 Å². The van der Waals surface area contributed by atoms with Crippen LogP contribution in [0.25, 0.3) is 0 Å². The van der Waals surface area contributed by atoms with Gasteiger partial charge in [-0.25, -0.2) is 9.78 Å². The molecule has 0 saturated heterocycles. The van der Waals surface area contributed by atoms with Crippen LogP contribution in [0.15, 0.2) is 34.1 Å². The minimum atomic E-state index is -1.17. The summed E-state index contributed by atoms with van der Waals surface area (Å²) in [5, 5.41) is 2.82. The predicted octanol–water partition coefficient (Wildman–Crippen LogP) is 0.809. The van der Waals surface area contributed by atoms with E-state index in [1.807, 2.05) is 4.98 Å². The van der Waals surface area contributed by atoms with Gasteiger partial charge in [-0.2, -0.15) is 0 Å². The van der Waals surface area contributed by atoms with Gasteiger partial charge >= 0.3 is 11.7 Å². The number of H-pyrrole nitrogens is 1. The zero-order valence-electron chi connectivity index (χ0n) is 12.8. The third-order valence-electron chi connectivity index (χ3n) is 2.92. The molecular weight excluding hydrogens is 375 g/mol. The molecule has 2 N–H and O–H groups in total. The summed E-state index contributed by atoms with van der Waals surface area (Å²) in [6, 6.07) is 2.48. The summed E-state index contributed by atoms with van der Waals surface area (Å²) in [4.78, 5) is 52.1. The molecule has 0 aliphatic heterocycles. The Morgan fingerprint density at radius 1 is 1.40 bits per heavy atom. The fraction of sp³-hybridized carbons (Fsp3) is 0.214. The van der Waals surface area contributed by atoms with Crippen molar-refractivity contribution in [3.63, 3.8) is 0 Å². The van der Waals surface area contributed by atoms with Crippen LogP contribution in [0, 0.1) is 0 Å². The number of aromatic amines is 1. The molecule has 0 spiro atoms. The summed E-state index contributed by atoms with van der Waals surface area (Å²) < 4.78 is 5.87. The van der Waals surface area contributed by atoms with E-state index in [1.54, 1.807) is 0 Å². The number of esters is 1. The van der Waals surface area contributed by atoms with Crippen LogP contribution >= 0.6 is 23.2 Å². The van der Waals surface area contributed by atoms with E-state index in [4.69, 9.17) is 27.9 Å². The van der Waals surface area contributed by atoms with Gasteiger partial charge in [-0.15, -0.1) is 0 Å². The van der Waals surface area contributed by atoms with E-state index in [-0.39, 0.29) is 10.8 Å². The summed E-state index contributed by atoms with van der Waals surface area (Å²) in [7, 11) is 0. The molecule has 2 aromatic heterocycles. The Morgan fingerprint density at radius 2 is 2.12 bits per heavy atom. The largest absolute Gasteiger partial charge is 0.451 e. The average molecular weight is 387 g/mol. The minimum absolute atomic E-state index is 0.0656. The average Bonchev–Trinajstić information content (AvgIpc) is 2.52. The van der Waals surface area contributed by atoms with Crippen LogP contribution in [-0.4, -0.2) is 32.5 Å². The fourth-order valence-corrected chi connectivity index (χ4v) is 2.15. The number of rotatable bonds is 5. The molecule has 0 aliphatic carbocycles. The molecule has 0 aromatic carbocycles. The van der Waals surface area contributed by atoms with Crippen molar-refractivity contribution in [2.24, 2.45) is 0 Å². The monoisotopic (exact) mass is 386 g/mol. The Labute approximate surface area is 150 Å². The zero-order chi connectivity index (χ0) is 18.6. The van der Waals surface area contributed by atoms with Crippen LogP contribution in [0.4, 0.5) is 5.82 Å². The number of hydrogen-bond acceptors (Lipinski definition) is 6. The lowest BCUT2D eigenvalue weighted by Gasteiger charge is -2.14. The van der Waals surface area contributed by atoms with Crippen molar-refractivity contribution in [3.05, 3.63) is 55.4 Å². The Hall–Kier alpha value is -2.65. The van der Waals surface area contributed by atoms with Gasteiger partial charge in [0.15, 0.2) is 11.9 Å². The van der Waals surface area contributed by atoms with Crippen molar-refractivity contribution in [3.8, 4) is 0 Å². The van der Waals surface area contributed by atoms with E-state index in [1.165, 1.54) is 19.2 Å². The maximum absolute atomic E-state index is 12.0. The van der Waals surface area contributed by atoms with Crippen molar-refractivity contribution in [2.45, 2.75) is 19.6 Å². The molecule has 0 saturated carbocycles. The van der Waals surface area contributed by atoms with Crippen LogP contribution in [0.2, 0.25) is 10.0 Å². The molecule has 9 nitrogen and oxygen atoms in total. The number of carbonyl (C=O) groups is 2. The molecule has 2 aromatic rings. The van der Waals surface area contributed by atoms with Crippen LogP contribution in [0.3, 0.4) is 0 Å². The number of hydrogen-bond donors (Lipinski definition) is 2. The Bertz CT molecular complexity index is 924. The maximum Gasteiger partial charge on any atom is 0.328 e. The maximum atomic E-state index is 12.0. The van der Waals surface area contributed by atoms with E-state index in [2.05, 4.69) is 10.3 Å². The number of aromatic nitrogens is 3. The van der Waals surface area contributed by atoms with Crippen LogP contribution < -0.4 is 16.6 Å². The smallest absolute Gasteiger partial charge is 0.328 e. The van der Waals surface area contributed by atoms with E-state index < -0.39 is 35.8 Å². The summed E-state index contributed by atoms with van der Waals surface area (Å²) >= 11 is 11.6. The Morgan fingerprint density at radius 3 is 2.76 bits per heavy atom. The highest BCUT2D eigenvalue weighted by atomic mass is 35.5. The molecule has 0 aliphatic rings. The first-order valence-corrected chi connectivity index (χ1v) is 7.63. The molecule has 2 rings (SSSR count). The molecule has 0 fully saturated rings. The molecule has 0 radical (unpaired) electrons. The molecule has 132 valence electrons. The second-order valence-corrected chi connectivity index (χ2v) is 5.69. The second kappa shape index (κ2) is 7.95. The molecule has 25 heavy (non-hydrogen) atoms. The van der Waals surface area contributed by atoms with Gasteiger partial charge in [0, 0.05) is 18.5 Å². The van der Waals surface area contributed by atoms with E-state index in [9.17, 15) is 19.2 Å². The molecule has 2 heterocycles. The second-order valence-electron chi connectivity index (χ2n) is 4.84. The standard InChI is InChI=1S/C14H12Cl2N4O5/c1-7(13(23)19-12-9(16)4-8(15)5-17-12)25-11(22)6-20-3-2-10(21)18-14(20)24/h2-5,7H,6H2,1H3,(H,17,19,23)(H,18,21,24)/t7-/m0/s1. The third-order valence-corrected chi connectivity index (χ3v) is 3.42. The molecule has 0 bridgehead atoms. The Kier molecular flexibility index (Phi) is 5.94. The van der Waals surface area contributed by atoms with Crippen molar-refractivity contribution in [1.82, 2.24) is 14.5 Å². The summed E-state index contributed by atoms with van der Waals surface area (Å²) in [6.45, 7) is 0.875. The highest BCUT2D eigenvalue weighted by Crippen LogP contribution is 2.22. The molecule has 0 unspecified atom stereocenters. The van der Waals surface area contributed by atoms with Crippen LogP contribution in [0.1, 0.15) is 6.92 Å². The van der Waals surface area contributed by atoms with Crippen molar-refractivity contribution in [1.29, 1.82) is 0 Å². The summed E-state index contributed by atoms with van der Waals surface area (Å²) in [5.74, 6) is -1.44. The van der Waals surface area contributed by atoms with Gasteiger partial charge in [0.25, 0.3) is 11.5 Å². The summed E-state index contributed by atoms with van der Waals surface area (Å²) in [6.07, 6.45) is 1.27. The summed E-state index contributed by atoms with van der Waals surface area (Å²) in [5.41, 5.74) is -1.35. The number of nitrogens with one attached hydrogen (secondary N) is 2. The normalized spacial score (nSPS) is 11.6. The molecule has 1 atom stereocenters. The quantitative estimate of drug-likeness (QED) is 0.732. The molecule has 1 amide bonds. The highest BCUT2D eigenvalue weighted by molar-refractivity contribution is 6.36. The highest BCUT2D eigenvalue weighted by Gasteiger charge is 2.20. The van der Waals surface area contributed by atoms with Crippen LogP contribution in [-0.2, 0) is 20.9 Å². The molecule has 11 heteroatoms. The number of ether oxygens (including phenoxy) is 1. The lowest BCUT2D eigenvalue weighted by Crippen LogP contribution is -2.35. The van der Waals surface area contributed by atoms with Crippen molar-refractivity contribution in [2.75, 3.05) is 5.32 Å². The number of halogens is 2.